The number of hydrogen-bond donors (Lipinski definition) is 1. The average Bonchev–Trinajstić information content (AvgIpc) is 3.23. The van der Waals surface area contributed by atoms with Gasteiger partial charge in [-0.1, -0.05) is 30.0 Å². The molecule has 1 aliphatic heterocycles. The number of benzene rings is 2. The van der Waals surface area contributed by atoms with Crippen molar-refractivity contribution in [1.29, 1.82) is 0 Å². The van der Waals surface area contributed by atoms with Crippen LogP contribution in [0.5, 0.6) is 11.5 Å². The van der Waals surface area contributed by atoms with Gasteiger partial charge in [-0.2, -0.15) is 4.98 Å². The Morgan fingerprint density at radius 2 is 2.00 bits per heavy atom. The van der Waals surface area contributed by atoms with Gasteiger partial charge in [0.25, 0.3) is 0 Å². The molecule has 33 heavy (non-hydrogen) atoms. The minimum Gasteiger partial charge on any atom is -0.493 e. The molecule has 0 radical (unpaired) electrons. The molecule has 7 nitrogen and oxygen atoms in total. The van der Waals surface area contributed by atoms with Gasteiger partial charge in [0.1, 0.15) is 11.9 Å². The van der Waals surface area contributed by atoms with Crippen LogP contribution in [0.4, 0.5) is 10.3 Å². The Balaban J connectivity index is 1.53. The predicted octanol–water partition coefficient (Wildman–Crippen LogP) is 4.75. The number of nitrogens with zero attached hydrogens (tertiary/aromatic N) is 3. The first kappa shape index (κ1) is 21.5. The molecule has 170 valence electrons. The van der Waals surface area contributed by atoms with Gasteiger partial charge >= 0.3 is 0 Å². The number of carbonyl (C=O) groups excluding carboxylic acids is 1. The summed E-state index contributed by atoms with van der Waals surface area (Å²) in [5.41, 5.74) is 3.33. The van der Waals surface area contributed by atoms with Gasteiger partial charge in [-0.3, -0.25) is 4.79 Å². The van der Waals surface area contributed by atoms with Crippen LogP contribution in [0.15, 0.2) is 58.9 Å². The maximum atomic E-state index is 13.5. The molecule has 1 atom stereocenters. The third-order valence-corrected chi connectivity index (χ3v) is 6.74. The average molecular weight is 467 g/mol. The SMILES string of the molecule is COc1ccc(C2C3=C(CCCC3=O)Nc3nc(SCc4cccc(F)c4)nn32)cc1OC. The molecule has 1 aliphatic carbocycles. The molecule has 2 heterocycles. The monoisotopic (exact) mass is 466 g/mol. The number of hydrogen-bond acceptors (Lipinski definition) is 7. The Labute approximate surface area is 195 Å². The van der Waals surface area contributed by atoms with E-state index >= 15 is 0 Å². The molecule has 1 unspecified atom stereocenters. The lowest BCUT2D eigenvalue weighted by Crippen LogP contribution is -2.31. The number of anilines is 1. The molecule has 0 bridgehead atoms. The number of carbonyl (C=O) groups is 1. The zero-order valence-electron chi connectivity index (χ0n) is 18.3. The van der Waals surface area contributed by atoms with Crippen LogP contribution in [0, 0.1) is 5.82 Å². The van der Waals surface area contributed by atoms with Crippen molar-refractivity contribution in [1.82, 2.24) is 14.8 Å². The molecular weight excluding hydrogens is 443 g/mol. The molecule has 2 aromatic carbocycles. The molecular formula is C24H23FN4O3S. The lowest BCUT2D eigenvalue weighted by atomic mass is 9.85. The van der Waals surface area contributed by atoms with Crippen LogP contribution in [0.25, 0.3) is 0 Å². The Morgan fingerprint density at radius 3 is 2.79 bits per heavy atom. The van der Waals surface area contributed by atoms with Gasteiger partial charge in [0.15, 0.2) is 17.3 Å². The smallest absolute Gasteiger partial charge is 0.227 e. The Morgan fingerprint density at radius 1 is 1.15 bits per heavy atom. The maximum Gasteiger partial charge on any atom is 0.227 e. The largest absolute Gasteiger partial charge is 0.493 e. The van der Waals surface area contributed by atoms with E-state index in [1.165, 1.54) is 23.9 Å². The summed E-state index contributed by atoms with van der Waals surface area (Å²) in [5.74, 6) is 2.17. The van der Waals surface area contributed by atoms with E-state index in [0.29, 0.717) is 40.4 Å². The summed E-state index contributed by atoms with van der Waals surface area (Å²) < 4.78 is 26.2. The van der Waals surface area contributed by atoms with Crippen LogP contribution in [0.2, 0.25) is 0 Å². The topological polar surface area (TPSA) is 78.3 Å². The molecule has 9 heteroatoms. The Hall–Kier alpha value is -3.33. The van der Waals surface area contributed by atoms with E-state index in [2.05, 4.69) is 10.3 Å². The van der Waals surface area contributed by atoms with Gasteiger partial charge in [-0.25, -0.2) is 9.07 Å². The van der Waals surface area contributed by atoms with Crippen molar-refractivity contribution < 1.29 is 18.7 Å². The fourth-order valence-electron chi connectivity index (χ4n) is 4.30. The quantitative estimate of drug-likeness (QED) is 0.525. The fourth-order valence-corrected chi connectivity index (χ4v) is 5.08. The number of Topliss-reactive ketones (excluding diaryl/α,β-unsaturated/α-hetero) is 1. The molecule has 1 N–H and O–H groups in total. The second-order valence-corrected chi connectivity index (χ2v) is 8.83. The fraction of sp³-hybridized carbons (Fsp3) is 0.292. The normalized spacial score (nSPS) is 17.3. The van der Waals surface area contributed by atoms with Gasteiger partial charge < -0.3 is 14.8 Å². The zero-order chi connectivity index (χ0) is 22.9. The zero-order valence-corrected chi connectivity index (χ0v) is 19.1. The van der Waals surface area contributed by atoms with Gasteiger partial charge in [-0.05, 0) is 48.2 Å². The highest BCUT2D eigenvalue weighted by Crippen LogP contribution is 2.42. The highest BCUT2D eigenvalue weighted by atomic mass is 32.2. The van der Waals surface area contributed by atoms with Crippen LogP contribution in [-0.4, -0.2) is 34.8 Å². The number of ether oxygens (including phenoxy) is 2. The lowest BCUT2D eigenvalue weighted by molar-refractivity contribution is -0.116. The highest BCUT2D eigenvalue weighted by Gasteiger charge is 2.37. The minimum atomic E-state index is -0.417. The number of halogens is 1. The summed E-state index contributed by atoms with van der Waals surface area (Å²) >= 11 is 1.42. The summed E-state index contributed by atoms with van der Waals surface area (Å²) in [6, 6.07) is 11.7. The van der Waals surface area contributed by atoms with Gasteiger partial charge in [0.05, 0.1) is 14.2 Å². The van der Waals surface area contributed by atoms with E-state index in [4.69, 9.17) is 14.6 Å². The van der Waals surface area contributed by atoms with Crippen molar-refractivity contribution in [3.8, 4) is 11.5 Å². The summed E-state index contributed by atoms with van der Waals surface area (Å²) in [4.78, 5) is 17.7. The molecule has 0 saturated carbocycles. The van der Waals surface area contributed by atoms with Crippen molar-refractivity contribution in [3.05, 3.63) is 70.7 Å². The number of thioether (sulfide) groups is 1. The van der Waals surface area contributed by atoms with E-state index in [1.807, 2.05) is 24.3 Å². The van der Waals surface area contributed by atoms with Crippen molar-refractivity contribution in [2.24, 2.45) is 0 Å². The second kappa shape index (κ2) is 8.90. The first-order valence-corrected chi connectivity index (χ1v) is 11.6. The molecule has 0 fully saturated rings. The molecule has 2 aliphatic rings. The van der Waals surface area contributed by atoms with Gasteiger partial charge in [0.2, 0.25) is 11.1 Å². The highest BCUT2D eigenvalue weighted by molar-refractivity contribution is 7.98. The molecule has 1 aromatic heterocycles. The second-order valence-electron chi connectivity index (χ2n) is 7.89. The summed E-state index contributed by atoms with van der Waals surface area (Å²) in [6.45, 7) is 0. The number of methoxy groups -OCH3 is 2. The van der Waals surface area contributed by atoms with Crippen molar-refractivity contribution in [2.45, 2.75) is 36.2 Å². The summed E-state index contributed by atoms with van der Waals surface area (Å²) in [5, 5.41) is 8.61. The van der Waals surface area contributed by atoms with E-state index in [-0.39, 0.29) is 11.6 Å². The van der Waals surface area contributed by atoms with Crippen LogP contribution < -0.4 is 14.8 Å². The van der Waals surface area contributed by atoms with Crippen LogP contribution in [0.3, 0.4) is 0 Å². The maximum absolute atomic E-state index is 13.5. The number of nitrogens with one attached hydrogen (secondary N) is 1. The first-order chi connectivity index (χ1) is 16.1. The molecule has 0 amide bonds. The van der Waals surface area contributed by atoms with E-state index in [1.54, 1.807) is 25.0 Å². The van der Waals surface area contributed by atoms with E-state index < -0.39 is 6.04 Å². The Kier molecular flexibility index (Phi) is 5.80. The molecule has 5 rings (SSSR count). The third kappa shape index (κ3) is 4.08. The van der Waals surface area contributed by atoms with E-state index in [0.717, 1.165) is 29.7 Å². The first-order valence-electron chi connectivity index (χ1n) is 10.7. The van der Waals surface area contributed by atoms with Crippen molar-refractivity contribution in [2.75, 3.05) is 19.5 Å². The molecule has 0 spiro atoms. The number of allylic oxidation sites excluding steroid dienone is 2. The van der Waals surface area contributed by atoms with Crippen LogP contribution >= 0.6 is 11.8 Å². The lowest BCUT2D eigenvalue weighted by Gasteiger charge is -2.32. The van der Waals surface area contributed by atoms with Gasteiger partial charge in [0, 0.05) is 23.4 Å². The minimum absolute atomic E-state index is 0.110. The van der Waals surface area contributed by atoms with Crippen molar-refractivity contribution in [3.63, 3.8) is 0 Å². The standard InChI is InChI=1S/C24H23FN4O3S/c1-31-19-10-9-15(12-20(19)32-2)22-21-17(7-4-8-18(21)30)26-23-27-24(28-29(22)23)33-13-14-5-3-6-16(25)11-14/h3,5-6,9-12,22H,4,7-8,13H2,1-2H3,(H,26,27,28). The number of rotatable bonds is 6. The van der Waals surface area contributed by atoms with Crippen molar-refractivity contribution >= 4 is 23.5 Å². The van der Waals surface area contributed by atoms with Crippen LogP contribution in [0.1, 0.15) is 36.4 Å². The summed E-state index contributed by atoms with van der Waals surface area (Å²) in [7, 11) is 3.17. The Bertz CT molecular complexity index is 1260. The van der Waals surface area contributed by atoms with E-state index in [9.17, 15) is 9.18 Å². The molecule has 0 saturated heterocycles. The third-order valence-electron chi connectivity index (χ3n) is 5.83. The number of aromatic nitrogens is 3. The summed E-state index contributed by atoms with van der Waals surface area (Å²) in [6.07, 6.45) is 2.09. The van der Waals surface area contributed by atoms with Gasteiger partial charge in [-0.15, -0.1) is 5.10 Å². The molecule has 3 aromatic rings. The predicted molar refractivity (Wildman–Crippen MR) is 123 cm³/mol. The number of fused-ring (bicyclic) bond motifs is 1. The number of ketones is 1. The van der Waals surface area contributed by atoms with Crippen LogP contribution in [-0.2, 0) is 10.5 Å².